The molecule has 1 aliphatic rings. The molecule has 1 aromatic rings. The van der Waals surface area contributed by atoms with E-state index in [9.17, 15) is 4.79 Å². The van der Waals surface area contributed by atoms with Crippen LogP contribution in [-0.2, 0) is 17.8 Å². The zero-order chi connectivity index (χ0) is 15.6. The van der Waals surface area contributed by atoms with E-state index in [1.807, 2.05) is 24.8 Å². The van der Waals surface area contributed by atoms with Gasteiger partial charge in [0.15, 0.2) is 0 Å². The molecular weight excluding hydrogens is 307 g/mol. The fourth-order valence-corrected chi connectivity index (χ4v) is 3.61. The average Bonchev–Trinajstić information content (AvgIpc) is 2.49. The molecule has 1 aliphatic heterocycles. The summed E-state index contributed by atoms with van der Waals surface area (Å²) in [7, 11) is 0. The molecule has 2 rings (SSSR count). The predicted molar refractivity (Wildman–Crippen MR) is 87.7 cm³/mol. The molecule has 0 unspecified atom stereocenters. The lowest BCUT2D eigenvalue weighted by atomic mass is 9.80. The standard InChI is InChI=1S/C16H22Cl2N2O/c1-3-16(4-2,10-19)15(21)20-6-5-11-7-12(17)8-14(18)13(11)9-20/h7-8H,3-6,9-10,19H2,1-2H3. The van der Waals surface area contributed by atoms with Crippen LogP contribution in [0.4, 0.5) is 0 Å². The molecule has 0 aromatic heterocycles. The SMILES string of the molecule is CCC(CC)(CN)C(=O)N1CCc2cc(Cl)cc(Cl)c2C1. The highest BCUT2D eigenvalue weighted by molar-refractivity contribution is 6.35. The topological polar surface area (TPSA) is 46.3 Å². The maximum Gasteiger partial charge on any atom is 0.230 e. The lowest BCUT2D eigenvalue weighted by molar-refractivity contribution is -0.143. The molecule has 116 valence electrons. The summed E-state index contributed by atoms with van der Waals surface area (Å²) in [5.74, 6) is 0.145. The van der Waals surface area contributed by atoms with Gasteiger partial charge in [-0.05, 0) is 42.5 Å². The van der Waals surface area contributed by atoms with Crippen molar-refractivity contribution in [1.29, 1.82) is 0 Å². The smallest absolute Gasteiger partial charge is 0.230 e. The Labute approximate surface area is 136 Å². The Morgan fingerprint density at radius 1 is 1.33 bits per heavy atom. The number of nitrogens with two attached hydrogens (primary N) is 1. The summed E-state index contributed by atoms with van der Waals surface area (Å²) >= 11 is 12.3. The number of benzene rings is 1. The van der Waals surface area contributed by atoms with Crippen molar-refractivity contribution in [2.24, 2.45) is 11.1 Å². The molecule has 0 radical (unpaired) electrons. The minimum absolute atomic E-state index is 0.145. The fourth-order valence-electron chi connectivity index (χ4n) is 3.02. The highest BCUT2D eigenvalue weighted by Crippen LogP contribution is 2.34. The molecule has 3 nitrogen and oxygen atoms in total. The summed E-state index contributed by atoms with van der Waals surface area (Å²) in [6.07, 6.45) is 2.31. The summed E-state index contributed by atoms with van der Waals surface area (Å²) in [6.45, 7) is 5.69. The molecule has 0 atom stereocenters. The van der Waals surface area contributed by atoms with Crippen LogP contribution in [0.25, 0.3) is 0 Å². The summed E-state index contributed by atoms with van der Waals surface area (Å²) in [5, 5.41) is 1.29. The van der Waals surface area contributed by atoms with Crippen molar-refractivity contribution >= 4 is 29.1 Å². The first kappa shape index (κ1) is 16.6. The molecule has 2 N–H and O–H groups in total. The van der Waals surface area contributed by atoms with E-state index in [-0.39, 0.29) is 5.91 Å². The van der Waals surface area contributed by atoms with Gasteiger partial charge in [0.2, 0.25) is 5.91 Å². The van der Waals surface area contributed by atoms with Gasteiger partial charge in [0.25, 0.3) is 0 Å². The van der Waals surface area contributed by atoms with Gasteiger partial charge in [0.05, 0.1) is 5.41 Å². The highest BCUT2D eigenvalue weighted by Gasteiger charge is 2.38. The Balaban J connectivity index is 2.27. The molecule has 1 heterocycles. The molecule has 0 saturated heterocycles. The number of rotatable bonds is 4. The Morgan fingerprint density at radius 3 is 2.57 bits per heavy atom. The van der Waals surface area contributed by atoms with Crippen molar-refractivity contribution in [1.82, 2.24) is 4.90 Å². The van der Waals surface area contributed by atoms with Crippen molar-refractivity contribution in [2.75, 3.05) is 13.1 Å². The summed E-state index contributed by atoms with van der Waals surface area (Å²) in [6, 6.07) is 3.69. The Kier molecular flexibility index (Phi) is 5.18. The van der Waals surface area contributed by atoms with E-state index < -0.39 is 5.41 Å². The van der Waals surface area contributed by atoms with Crippen LogP contribution in [0.5, 0.6) is 0 Å². The molecule has 1 aromatic carbocycles. The van der Waals surface area contributed by atoms with Crippen LogP contribution in [-0.4, -0.2) is 23.9 Å². The second kappa shape index (κ2) is 6.55. The highest BCUT2D eigenvalue weighted by atomic mass is 35.5. The third-order valence-electron chi connectivity index (χ3n) is 4.74. The van der Waals surface area contributed by atoms with E-state index in [4.69, 9.17) is 28.9 Å². The van der Waals surface area contributed by atoms with Crippen LogP contribution in [0.3, 0.4) is 0 Å². The Bertz CT molecular complexity index is 533. The van der Waals surface area contributed by atoms with Crippen molar-refractivity contribution in [3.8, 4) is 0 Å². The Hall–Kier alpha value is -0.770. The molecule has 0 saturated carbocycles. The maximum atomic E-state index is 12.9. The number of fused-ring (bicyclic) bond motifs is 1. The van der Waals surface area contributed by atoms with Crippen molar-refractivity contribution in [2.45, 2.75) is 39.7 Å². The second-order valence-corrected chi connectivity index (χ2v) is 6.54. The lowest BCUT2D eigenvalue weighted by Crippen LogP contribution is -2.49. The maximum absolute atomic E-state index is 12.9. The monoisotopic (exact) mass is 328 g/mol. The number of hydrogen-bond donors (Lipinski definition) is 1. The molecule has 5 heteroatoms. The zero-order valence-corrected chi connectivity index (χ0v) is 14.1. The first-order valence-corrected chi connectivity index (χ1v) is 8.19. The number of carbonyl (C=O) groups is 1. The van der Waals surface area contributed by atoms with Crippen molar-refractivity contribution < 1.29 is 4.79 Å². The molecule has 0 bridgehead atoms. The van der Waals surface area contributed by atoms with Crippen molar-refractivity contribution in [3.63, 3.8) is 0 Å². The van der Waals surface area contributed by atoms with Crippen molar-refractivity contribution in [3.05, 3.63) is 33.3 Å². The number of carbonyl (C=O) groups excluding carboxylic acids is 1. The third kappa shape index (κ3) is 3.05. The minimum atomic E-state index is -0.448. The summed E-state index contributed by atoms with van der Waals surface area (Å²) < 4.78 is 0. The van der Waals surface area contributed by atoms with Gasteiger partial charge >= 0.3 is 0 Å². The summed E-state index contributed by atoms with van der Waals surface area (Å²) in [4.78, 5) is 14.8. The number of halogens is 2. The fraction of sp³-hybridized carbons (Fsp3) is 0.562. The molecule has 1 amide bonds. The number of hydrogen-bond acceptors (Lipinski definition) is 2. The first-order valence-electron chi connectivity index (χ1n) is 7.43. The normalized spacial score (nSPS) is 15.0. The van der Waals surface area contributed by atoms with Gasteiger partial charge in [-0.1, -0.05) is 37.0 Å². The van der Waals surface area contributed by atoms with Gasteiger partial charge in [0, 0.05) is 29.7 Å². The van der Waals surface area contributed by atoms with Gasteiger partial charge in [0.1, 0.15) is 0 Å². The van der Waals surface area contributed by atoms with E-state index in [2.05, 4.69) is 0 Å². The molecular formula is C16H22Cl2N2O. The zero-order valence-electron chi connectivity index (χ0n) is 12.6. The second-order valence-electron chi connectivity index (χ2n) is 5.69. The van der Waals surface area contributed by atoms with Crippen LogP contribution in [0.2, 0.25) is 10.0 Å². The van der Waals surface area contributed by atoms with E-state index in [1.54, 1.807) is 6.07 Å². The van der Waals surface area contributed by atoms with Crippen LogP contribution in [0, 0.1) is 5.41 Å². The van der Waals surface area contributed by atoms with Crippen LogP contribution in [0.1, 0.15) is 37.8 Å². The summed E-state index contributed by atoms with van der Waals surface area (Å²) in [5.41, 5.74) is 7.60. The average molecular weight is 329 g/mol. The van der Waals surface area contributed by atoms with Crippen LogP contribution < -0.4 is 5.73 Å². The Morgan fingerprint density at radius 2 is 2.00 bits per heavy atom. The van der Waals surface area contributed by atoms with Gasteiger partial charge in [-0.2, -0.15) is 0 Å². The molecule has 0 spiro atoms. The third-order valence-corrected chi connectivity index (χ3v) is 5.29. The van der Waals surface area contributed by atoms with Gasteiger partial charge < -0.3 is 10.6 Å². The predicted octanol–water partition coefficient (Wildman–Crippen LogP) is 3.64. The number of nitrogens with zero attached hydrogens (tertiary/aromatic N) is 1. The molecule has 21 heavy (non-hydrogen) atoms. The minimum Gasteiger partial charge on any atom is -0.337 e. The van der Waals surface area contributed by atoms with E-state index in [0.29, 0.717) is 29.7 Å². The van der Waals surface area contributed by atoms with E-state index in [0.717, 1.165) is 30.4 Å². The molecule has 0 fully saturated rings. The number of amides is 1. The van der Waals surface area contributed by atoms with Crippen LogP contribution in [0.15, 0.2) is 12.1 Å². The van der Waals surface area contributed by atoms with E-state index >= 15 is 0 Å². The molecule has 0 aliphatic carbocycles. The van der Waals surface area contributed by atoms with Crippen LogP contribution >= 0.6 is 23.2 Å². The lowest BCUT2D eigenvalue weighted by Gasteiger charge is -2.38. The van der Waals surface area contributed by atoms with Gasteiger partial charge in [-0.3, -0.25) is 4.79 Å². The quantitative estimate of drug-likeness (QED) is 0.917. The van der Waals surface area contributed by atoms with Gasteiger partial charge in [-0.15, -0.1) is 0 Å². The van der Waals surface area contributed by atoms with E-state index in [1.165, 1.54) is 0 Å². The first-order chi connectivity index (χ1) is 9.97. The van der Waals surface area contributed by atoms with Gasteiger partial charge in [-0.25, -0.2) is 0 Å². The largest absolute Gasteiger partial charge is 0.337 e.